The average molecular weight is 214 g/mol. The monoisotopic (exact) mass is 214 g/mol. The maximum atomic E-state index is 10.8. The third-order valence-corrected chi connectivity index (χ3v) is 1.80. The van der Waals surface area contributed by atoms with Crippen LogP contribution in [0.1, 0.15) is 15.9 Å². The number of aromatic carboxylic acids is 1. The molecule has 0 fully saturated rings. The van der Waals surface area contributed by atoms with Gasteiger partial charge in [0, 0.05) is 5.56 Å². The van der Waals surface area contributed by atoms with Crippen molar-refractivity contribution >= 4 is 5.97 Å². The summed E-state index contributed by atoms with van der Waals surface area (Å²) in [6, 6.07) is 5.04. The van der Waals surface area contributed by atoms with Crippen LogP contribution in [0.2, 0.25) is 0 Å². The van der Waals surface area contributed by atoms with Crippen molar-refractivity contribution in [1.29, 1.82) is 0 Å². The van der Waals surface area contributed by atoms with Gasteiger partial charge in [-0.25, -0.2) is 0 Å². The summed E-state index contributed by atoms with van der Waals surface area (Å²) in [7, 11) is 0. The van der Waals surface area contributed by atoms with Crippen LogP contribution in [-0.2, 0) is 0 Å². The number of hydrogen-bond acceptors (Lipinski definition) is 3. The first-order valence-corrected chi connectivity index (χ1v) is 4.21. The fraction of sp³-hybridized carbons (Fsp3) is 0.182. The molecule has 0 N–H and O–H groups in total. The van der Waals surface area contributed by atoms with Gasteiger partial charge in [0.15, 0.2) is 0 Å². The van der Waals surface area contributed by atoms with Crippen molar-refractivity contribution in [1.82, 2.24) is 0 Å². The number of carbonyl (C=O) groups excluding carboxylic acids is 1. The van der Waals surface area contributed by atoms with E-state index in [2.05, 4.69) is 6.58 Å². The Morgan fingerprint density at radius 3 is 2.80 bits per heavy atom. The molecule has 0 radical (unpaired) electrons. The molecule has 0 unspecified atom stereocenters. The first kappa shape index (κ1) is 14.2. The molecular formula is C11H11NaO3. The van der Waals surface area contributed by atoms with E-state index in [1.165, 1.54) is 0 Å². The summed E-state index contributed by atoms with van der Waals surface area (Å²) in [5, 5.41) is 10.8. The summed E-state index contributed by atoms with van der Waals surface area (Å²) in [6.45, 7) is 5.47. The number of carboxylic acid groups (broad SMARTS) is 1. The van der Waals surface area contributed by atoms with Crippen molar-refractivity contribution in [3.8, 4) is 5.75 Å². The van der Waals surface area contributed by atoms with Gasteiger partial charge in [-0.2, -0.15) is 0 Å². The molecule has 3 nitrogen and oxygen atoms in total. The second kappa shape index (κ2) is 6.67. The molecular weight excluding hydrogens is 203 g/mol. The Balaban J connectivity index is 0.00000196. The molecule has 0 bridgehead atoms. The first-order chi connectivity index (χ1) is 6.66. The molecule has 0 saturated heterocycles. The van der Waals surface area contributed by atoms with Gasteiger partial charge in [0.05, 0.1) is 5.97 Å². The second-order valence-corrected chi connectivity index (χ2v) is 2.84. The normalized spacial score (nSPS) is 8.87. The van der Waals surface area contributed by atoms with E-state index in [4.69, 9.17) is 4.74 Å². The minimum atomic E-state index is -1.22. The van der Waals surface area contributed by atoms with Crippen LogP contribution >= 0.6 is 0 Å². The number of ether oxygens (including phenoxy) is 1. The van der Waals surface area contributed by atoms with Crippen LogP contribution in [0.3, 0.4) is 0 Å². The van der Waals surface area contributed by atoms with Gasteiger partial charge >= 0.3 is 29.6 Å². The Morgan fingerprint density at radius 1 is 1.60 bits per heavy atom. The summed E-state index contributed by atoms with van der Waals surface area (Å²) in [6.07, 6.45) is 1.56. The van der Waals surface area contributed by atoms with Crippen LogP contribution in [0.5, 0.6) is 5.75 Å². The van der Waals surface area contributed by atoms with Crippen LogP contribution in [0.15, 0.2) is 30.9 Å². The Kier molecular flexibility index (Phi) is 6.32. The van der Waals surface area contributed by atoms with E-state index in [1.807, 2.05) is 0 Å². The van der Waals surface area contributed by atoms with Gasteiger partial charge in [-0.1, -0.05) is 24.8 Å². The van der Waals surface area contributed by atoms with Crippen LogP contribution < -0.4 is 39.4 Å². The van der Waals surface area contributed by atoms with Crippen molar-refractivity contribution in [3.63, 3.8) is 0 Å². The summed E-state index contributed by atoms with van der Waals surface area (Å²) >= 11 is 0. The standard InChI is InChI=1S/C11H12O3.Na/c1-3-7-14-9-6-4-5-8(2)10(9)11(12)13;/h3-6H,1,7H2,2H3,(H,12,13);/q;+1/p-1. The predicted molar refractivity (Wildman–Crippen MR) is 51.2 cm³/mol. The number of hydrogen-bond donors (Lipinski definition) is 0. The summed E-state index contributed by atoms with van der Waals surface area (Å²) in [5.74, 6) is -0.896. The zero-order valence-electron chi connectivity index (χ0n) is 8.95. The maximum absolute atomic E-state index is 10.8. The minimum Gasteiger partial charge on any atom is -0.545 e. The molecule has 74 valence electrons. The zero-order chi connectivity index (χ0) is 10.6. The van der Waals surface area contributed by atoms with Gasteiger partial charge < -0.3 is 14.6 Å². The molecule has 1 aromatic carbocycles. The Labute approximate surface area is 111 Å². The van der Waals surface area contributed by atoms with Gasteiger partial charge in [0.1, 0.15) is 12.4 Å². The molecule has 0 saturated carbocycles. The van der Waals surface area contributed by atoms with E-state index in [0.717, 1.165) is 0 Å². The van der Waals surface area contributed by atoms with E-state index in [-0.39, 0.29) is 41.7 Å². The minimum absolute atomic E-state index is 0. The van der Waals surface area contributed by atoms with Crippen molar-refractivity contribution in [2.24, 2.45) is 0 Å². The van der Waals surface area contributed by atoms with Crippen LogP contribution in [0.4, 0.5) is 0 Å². The van der Waals surface area contributed by atoms with Crippen LogP contribution in [-0.4, -0.2) is 12.6 Å². The summed E-state index contributed by atoms with van der Waals surface area (Å²) < 4.78 is 5.19. The third-order valence-electron chi connectivity index (χ3n) is 1.80. The molecule has 0 aliphatic rings. The van der Waals surface area contributed by atoms with E-state index < -0.39 is 5.97 Å². The smallest absolute Gasteiger partial charge is 0.545 e. The van der Waals surface area contributed by atoms with Gasteiger partial charge in [0.25, 0.3) is 0 Å². The third kappa shape index (κ3) is 3.70. The van der Waals surface area contributed by atoms with Crippen LogP contribution in [0, 0.1) is 6.92 Å². The van der Waals surface area contributed by atoms with E-state index in [0.29, 0.717) is 11.3 Å². The Bertz CT molecular complexity index is 361. The SMILES string of the molecule is C=CCOc1cccc(C)c1C(=O)[O-].[Na+]. The van der Waals surface area contributed by atoms with Crippen molar-refractivity contribution in [3.05, 3.63) is 42.0 Å². The molecule has 0 aromatic heterocycles. The molecule has 0 aliphatic heterocycles. The van der Waals surface area contributed by atoms with Crippen molar-refractivity contribution in [2.45, 2.75) is 6.92 Å². The first-order valence-electron chi connectivity index (χ1n) is 4.21. The largest absolute Gasteiger partial charge is 1.00 e. The molecule has 4 heteroatoms. The van der Waals surface area contributed by atoms with E-state index in [9.17, 15) is 9.90 Å². The second-order valence-electron chi connectivity index (χ2n) is 2.84. The maximum Gasteiger partial charge on any atom is 1.00 e. The summed E-state index contributed by atoms with van der Waals surface area (Å²) in [4.78, 5) is 10.8. The Morgan fingerprint density at radius 2 is 2.27 bits per heavy atom. The topological polar surface area (TPSA) is 49.4 Å². The zero-order valence-corrected chi connectivity index (χ0v) is 10.9. The quantitative estimate of drug-likeness (QED) is 0.427. The van der Waals surface area contributed by atoms with E-state index >= 15 is 0 Å². The van der Waals surface area contributed by atoms with Gasteiger partial charge in [-0.3, -0.25) is 0 Å². The number of benzene rings is 1. The average Bonchev–Trinajstić information content (AvgIpc) is 2.14. The number of rotatable bonds is 4. The Hall–Kier alpha value is -0.770. The van der Waals surface area contributed by atoms with Crippen molar-refractivity contribution in [2.75, 3.05) is 6.61 Å². The number of carbonyl (C=O) groups is 1. The van der Waals surface area contributed by atoms with E-state index in [1.54, 1.807) is 31.2 Å². The molecule has 1 aromatic rings. The molecule has 0 aliphatic carbocycles. The van der Waals surface area contributed by atoms with Crippen molar-refractivity contribution < 1.29 is 44.2 Å². The number of carboxylic acids is 1. The van der Waals surface area contributed by atoms with Gasteiger partial charge in [-0.15, -0.1) is 0 Å². The van der Waals surface area contributed by atoms with Gasteiger partial charge in [0.2, 0.25) is 0 Å². The predicted octanol–water partition coefficient (Wildman–Crippen LogP) is -2.07. The fourth-order valence-electron chi connectivity index (χ4n) is 1.17. The molecule has 0 amide bonds. The van der Waals surface area contributed by atoms with Gasteiger partial charge in [-0.05, 0) is 18.6 Å². The van der Waals surface area contributed by atoms with Crippen LogP contribution in [0.25, 0.3) is 0 Å². The molecule has 0 atom stereocenters. The molecule has 0 spiro atoms. The molecule has 0 heterocycles. The molecule has 15 heavy (non-hydrogen) atoms. The fourth-order valence-corrected chi connectivity index (χ4v) is 1.17. The number of aryl methyl sites for hydroxylation is 1. The summed E-state index contributed by atoms with van der Waals surface area (Å²) in [5.41, 5.74) is 0.737. The molecule has 1 rings (SSSR count).